The third-order valence-electron chi connectivity index (χ3n) is 5.58. The van der Waals surface area contributed by atoms with Crippen molar-refractivity contribution in [2.45, 2.75) is 6.42 Å². The maximum atomic E-state index is 12.6. The number of ether oxygens (including phenoxy) is 3. The molecule has 0 saturated carbocycles. The molecule has 3 aromatic rings. The summed E-state index contributed by atoms with van der Waals surface area (Å²) in [6.45, 7) is 1.79. The van der Waals surface area contributed by atoms with E-state index in [0.717, 1.165) is 24.2 Å². The summed E-state index contributed by atoms with van der Waals surface area (Å²) in [5, 5.41) is 7.41. The number of benzene rings is 2. The van der Waals surface area contributed by atoms with Gasteiger partial charge >= 0.3 is 0 Å². The molecule has 1 aliphatic heterocycles. The Morgan fingerprint density at radius 1 is 1.06 bits per heavy atom. The summed E-state index contributed by atoms with van der Waals surface area (Å²) >= 11 is 0. The molecule has 1 aromatic heterocycles. The second-order valence-corrected chi connectivity index (χ2v) is 7.69. The van der Waals surface area contributed by atoms with Crippen LogP contribution in [0.25, 0.3) is 11.3 Å². The molecule has 33 heavy (non-hydrogen) atoms. The van der Waals surface area contributed by atoms with Crippen LogP contribution >= 0.6 is 0 Å². The van der Waals surface area contributed by atoms with E-state index in [4.69, 9.17) is 14.2 Å². The summed E-state index contributed by atoms with van der Waals surface area (Å²) < 4.78 is 17.9. The van der Waals surface area contributed by atoms with Crippen LogP contribution in [-0.4, -0.2) is 61.6 Å². The monoisotopic (exact) mass is 448 g/mol. The quantitative estimate of drug-likeness (QED) is 0.567. The maximum Gasteiger partial charge on any atom is 0.238 e. The first-order valence-corrected chi connectivity index (χ1v) is 10.7. The van der Waals surface area contributed by atoms with Gasteiger partial charge in [-0.3, -0.25) is 9.69 Å². The molecule has 0 aliphatic carbocycles. The lowest BCUT2D eigenvalue weighted by Crippen LogP contribution is -2.36. The van der Waals surface area contributed by atoms with E-state index in [0.29, 0.717) is 36.0 Å². The van der Waals surface area contributed by atoms with Gasteiger partial charge in [0.15, 0.2) is 11.5 Å². The SMILES string of the molecule is COc1cc(NC(=O)CN2CC=C(c3cnn(-c4ccccc4)c3)CC2)cc(OC)c1OC. The van der Waals surface area contributed by atoms with E-state index in [9.17, 15) is 4.79 Å². The highest BCUT2D eigenvalue weighted by atomic mass is 16.5. The van der Waals surface area contributed by atoms with Gasteiger partial charge in [-0.1, -0.05) is 24.3 Å². The molecule has 0 bridgehead atoms. The second-order valence-electron chi connectivity index (χ2n) is 7.69. The Bertz CT molecular complexity index is 1120. The van der Waals surface area contributed by atoms with E-state index in [-0.39, 0.29) is 5.91 Å². The van der Waals surface area contributed by atoms with Crippen LogP contribution < -0.4 is 19.5 Å². The van der Waals surface area contributed by atoms with Crippen LogP contribution in [0.3, 0.4) is 0 Å². The molecule has 8 nitrogen and oxygen atoms in total. The Morgan fingerprint density at radius 3 is 2.39 bits per heavy atom. The van der Waals surface area contributed by atoms with Gasteiger partial charge in [-0.05, 0) is 24.1 Å². The van der Waals surface area contributed by atoms with Crippen LogP contribution in [0.15, 0.2) is 60.9 Å². The molecule has 0 saturated heterocycles. The van der Waals surface area contributed by atoms with Crippen molar-refractivity contribution in [1.82, 2.24) is 14.7 Å². The lowest BCUT2D eigenvalue weighted by molar-refractivity contribution is -0.117. The highest BCUT2D eigenvalue weighted by Gasteiger charge is 2.18. The topological polar surface area (TPSA) is 77.9 Å². The molecule has 1 amide bonds. The van der Waals surface area contributed by atoms with Crippen LogP contribution in [0.2, 0.25) is 0 Å². The van der Waals surface area contributed by atoms with Gasteiger partial charge in [0, 0.05) is 42.7 Å². The number of nitrogens with one attached hydrogen (secondary N) is 1. The fraction of sp³-hybridized carbons (Fsp3) is 0.280. The molecule has 172 valence electrons. The molecular weight excluding hydrogens is 420 g/mol. The van der Waals surface area contributed by atoms with Gasteiger partial charge in [0.05, 0.1) is 39.8 Å². The van der Waals surface area contributed by atoms with Crippen molar-refractivity contribution in [3.05, 3.63) is 66.5 Å². The number of para-hydroxylation sites is 1. The normalized spacial score (nSPS) is 13.8. The maximum absolute atomic E-state index is 12.6. The smallest absolute Gasteiger partial charge is 0.238 e. The first-order valence-electron chi connectivity index (χ1n) is 10.7. The van der Waals surface area contributed by atoms with Crippen molar-refractivity contribution in [2.75, 3.05) is 46.3 Å². The lowest BCUT2D eigenvalue weighted by atomic mass is 10.0. The number of hydrogen-bond acceptors (Lipinski definition) is 6. The number of anilines is 1. The van der Waals surface area contributed by atoms with Crippen molar-refractivity contribution in [1.29, 1.82) is 0 Å². The predicted octanol–water partition coefficient (Wildman–Crippen LogP) is 3.63. The minimum absolute atomic E-state index is 0.0991. The zero-order valence-electron chi connectivity index (χ0n) is 19.1. The average molecular weight is 449 g/mol. The third-order valence-corrected chi connectivity index (χ3v) is 5.58. The Labute approximate surface area is 193 Å². The lowest BCUT2D eigenvalue weighted by Gasteiger charge is -2.25. The van der Waals surface area contributed by atoms with Crippen LogP contribution in [0.5, 0.6) is 17.2 Å². The number of methoxy groups -OCH3 is 3. The Kier molecular flexibility index (Phi) is 6.95. The van der Waals surface area contributed by atoms with Gasteiger partial charge in [-0.15, -0.1) is 0 Å². The third kappa shape index (κ3) is 5.18. The van der Waals surface area contributed by atoms with E-state index in [1.165, 1.54) is 5.57 Å². The molecule has 2 aromatic carbocycles. The van der Waals surface area contributed by atoms with Gasteiger partial charge in [-0.25, -0.2) is 4.68 Å². The molecule has 0 atom stereocenters. The largest absolute Gasteiger partial charge is 0.493 e. The average Bonchev–Trinajstić information content (AvgIpc) is 3.34. The van der Waals surface area contributed by atoms with Crippen LogP contribution in [0, 0.1) is 0 Å². The summed E-state index contributed by atoms with van der Waals surface area (Å²) in [5.74, 6) is 1.38. The van der Waals surface area contributed by atoms with Gasteiger partial charge in [0.25, 0.3) is 0 Å². The molecule has 8 heteroatoms. The summed E-state index contributed by atoms with van der Waals surface area (Å²) in [5.41, 5.74) is 3.99. The van der Waals surface area contributed by atoms with Gasteiger partial charge < -0.3 is 19.5 Å². The van der Waals surface area contributed by atoms with Crippen molar-refractivity contribution in [2.24, 2.45) is 0 Å². The first-order chi connectivity index (χ1) is 16.1. The number of hydrogen-bond donors (Lipinski definition) is 1. The minimum Gasteiger partial charge on any atom is -0.493 e. The highest BCUT2D eigenvalue weighted by Crippen LogP contribution is 2.39. The fourth-order valence-electron chi connectivity index (χ4n) is 3.88. The number of carbonyl (C=O) groups is 1. The van der Waals surface area contributed by atoms with Gasteiger partial charge in [0.1, 0.15) is 0 Å². The summed E-state index contributed by atoms with van der Waals surface area (Å²) in [6.07, 6.45) is 6.97. The summed E-state index contributed by atoms with van der Waals surface area (Å²) in [6, 6.07) is 13.5. The van der Waals surface area contributed by atoms with Crippen LogP contribution in [0.1, 0.15) is 12.0 Å². The Balaban J connectivity index is 1.36. The van der Waals surface area contributed by atoms with E-state index in [1.807, 2.05) is 47.4 Å². The van der Waals surface area contributed by atoms with Crippen molar-refractivity contribution in [3.63, 3.8) is 0 Å². The van der Waals surface area contributed by atoms with E-state index in [2.05, 4.69) is 21.4 Å². The fourth-order valence-corrected chi connectivity index (χ4v) is 3.88. The minimum atomic E-state index is -0.0991. The number of carbonyl (C=O) groups excluding carboxylic acids is 1. The zero-order chi connectivity index (χ0) is 23.2. The zero-order valence-corrected chi connectivity index (χ0v) is 19.1. The predicted molar refractivity (Wildman–Crippen MR) is 127 cm³/mol. The highest BCUT2D eigenvalue weighted by molar-refractivity contribution is 5.93. The van der Waals surface area contributed by atoms with Crippen molar-refractivity contribution in [3.8, 4) is 22.9 Å². The summed E-state index contributed by atoms with van der Waals surface area (Å²) in [7, 11) is 4.64. The number of rotatable bonds is 8. The molecule has 0 unspecified atom stereocenters. The van der Waals surface area contributed by atoms with E-state index >= 15 is 0 Å². The Morgan fingerprint density at radius 2 is 1.79 bits per heavy atom. The molecule has 0 spiro atoms. The second kappa shape index (κ2) is 10.2. The number of amides is 1. The summed E-state index contributed by atoms with van der Waals surface area (Å²) in [4.78, 5) is 14.8. The van der Waals surface area contributed by atoms with Crippen LogP contribution in [0.4, 0.5) is 5.69 Å². The van der Waals surface area contributed by atoms with E-state index < -0.39 is 0 Å². The van der Waals surface area contributed by atoms with Crippen molar-refractivity contribution < 1.29 is 19.0 Å². The molecule has 2 heterocycles. The number of aromatic nitrogens is 2. The first kappa shape index (κ1) is 22.4. The van der Waals surface area contributed by atoms with Crippen LogP contribution in [-0.2, 0) is 4.79 Å². The molecule has 4 rings (SSSR count). The molecule has 1 aliphatic rings. The van der Waals surface area contributed by atoms with E-state index in [1.54, 1.807) is 33.5 Å². The van der Waals surface area contributed by atoms with Crippen molar-refractivity contribution >= 4 is 17.2 Å². The molecular formula is C25H28N4O4. The standard InChI is InChI=1S/C25H28N4O4/c1-31-22-13-20(14-23(32-2)25(22)33-3)27-24(30)17-28-11-9-18(10-12-28)19-15-26-29(16-19)21-7-5-4-6-8-21/h4-9,13-16H,10-12,17H2,1-3H3,(H,27,30). The molecule has 1 N–H and O–H groups in total. The van der Waals surface area contributed by atoms with Gasteiger partial charge in [0.2, 0.25) is 11.7 Å². The molecule has 0 fully saturated rings. The number of nitrogens with zero attached hydrogens (tertiary/aromatic N) is 3. The Hall–Kier alpha value is -3.78. The molecule has 0 radical (unpaired) electrons. The van der Waals surface area contributed by atoms with Gasteiger partial charge in [-0.2, -0.15) is 5.10 Å².